The molecule has 0 aliphatic heterocycles. The summed E-state index contributed by atoms with van der Waals surface area (Å²) in [6.45, 7) is 0. The third-order valence-corrected chi connectivity index (χ3v) is 3.94. The molecule has 2 aromatic carbocycles. The molecule has 1 N–H and O–H groups in total. The molecule has 19 heavy (non-hydrogen) atoms. The Morgan fingerprint density at radius 2 is 1.79 bits per heavy atom. The third-order valence-electron chi connectivity index (χ3n) is 3.20. The molecular weight excluding hydrogens is 279 g/mol. The number of rotatable bonds is 2. The van der Waals surface area contributed by atoms with Crippen LogP contribution in [0, 0.1) is 0 Å². The zero-order valence-corrected chi connectivity index (χ0v) is 11.7. The van der Waals surface area contributed by atoms with Crippen molar-refractivity contribution in [3.8, 4) is 0 Å². The fourth-order valence-corrected chi connectivity index (χ4v) is 2.52. The van der Waals surface area contributed by atoms with Crippen molar-refractivity contribution in [3.05, 3.63) is 63.6 Å². The standard InChI is InChI=1S/C15H12Cl2N2/c16-13-7-6-11(9-14(13)17)18-19-15-8-5-10-3-1-2-4-12(10)15/h1-4,6-7,9,18H,5,8H2. The largest absolute Gasteiger partial charge is 0.278 e. The number of benzene rings is 2. The Morgan fingerprint density at radius 1 is 0.947 bits per heavy atom. The first-order valence-corrected chi connectivity index (χ1v) is 6.85. The van der Waals surface area contributed by atoms with Crippen LogP contribution in [0.5, 0.6) is 0 Å². The molecule has 2 nitrogen and oxygen atoms in total. The van der Waals surface area contributed by atoms with Crippen molar-refractivity contribution in [3.63, 3.8) is 0 Å². The number of halogens is 2. The van der Waals surface area contributed by atoms with E-state index in [0.717, 1.165) is 24.2 Å². The highest BCUT2D eigenvalue weighted by Gasteiger charge is 2.16. The zero-order valence-electron chi connectivity index (χ0n) is 10.2. The van der Waals surface area contributed by atoms with Crippen LogP contribution in [-0.4, -0.2) is 5.71 Å². The number of nitrogens with one attached hydrogen (secondary N) is 1. The maximum Gasteiger partial charge on any atom is 0.0685 e. The highest BCUT2D eigenvalue weighted by molar-refractivity contribution is 6.42. The molecule has 4 heteroatoms. The summed E-state index contributed by atoms with van der Waals surface area (Å²) in [6, 6.07) is 13.8. The molecule has 0 unspecified atom stereocenters. The molecule has 0 heterocycles. The molecule has 0 saturated heterocycles. The predicted molar refractivity (Wildman–Crippen MR) is 81.4 cm³/mol. The van der Waals surface area contributed by atoms with Crippen molar-refractivity contribution < 1.29 is 0 Å². The SMILES string of the molecule is Clc1ccc(NN=C2CCc3ccccc32)cc1Cl. The lowest BCUT2D eigenvalue weighted by Crippen LogP contribution is -1.99. The minimum Gasteiger partial charge on any atom is -0.278 e. The summed E-state index contributed by atoms with van der Waals surface area (Å²) in [5.41, 5.74) is 7.55. The van der Waals surface area contributed by atoms with Crippen LogP contribution in [0.3, 0.4) is 0 Å². The molecule has 0 saturated carbocycles. The average molecular weight is 291 g/mol. The van der Waals surface area contributed by atoms with Crippen LogP contribution in [0.2, 0.25) is 10.0 Å². The minimum absolute atomic E-state index is 0.527. The van der Waals surface area contributed by atoms with Gasteiger partial charge >= 0.3 is 0 Å². The molecule has 3 rings (SSSR count). The topological polar surface area (TPSA) is 24.4 Å². The van der Waals surface area contributed by atoms with Gasteiger partial charge < -0.3 is 0 Å². The van der Waals surface area contributed by atoms with E-state index in [4.69, 9.17) is 23.2 Å². The summed E-state index contributed by atoms with van der Waals surface area (Å²) in [4.78, 5) is 0. The number of anilines is 1. The van der Waals surface area contributed by atoms with Gasteiger partial charge in [-0.2, -0.15) is 5.10 Å². The van der Waals surface area contributed by atoms with Gasteiger partial charge in [-0.05, 0) is 36.6 Å². The van der Waals surface area contributed by atoms with Crippen molar-refractivity contribution in [1.29, 1.82) is 0 Å². The van der Waals surface area contributed by atoms with Crippen LogP contribution < -0.4 is 5.43 Å². The fraction of sp³-hybridized carbons (Fsp3) is 0.133. The lowest BCUT2D eigenvalue weighted by molar-refractivity contribution is 1.09. The zero-order chi connectivity index (χ0) is 13.2. The molecule has 1 aliphatic rings. The monoisotopic (exact) mass is 290 g/mol. The molecule has 96 valence electrons. The van der Waals surface area contributed by atoms with Crippen LogP contribution in [-0.2, 0) is 6.42 Å². The highest BCUT2D eigenvalue weighted by Crippen LogP contribution is 2.26. The summed E-state index contributed by atoms with van der Waals surface area (Å²) >= 11 is 11.8. The smallest absolute Gasteiger partial charge is 0.0685 e. The molecule has 0 bridgehead atoms. The second kappa shape index (κ2) is 5.24. The van der Waals surface area contributed by atoms with Gasteiger partial charge in [-0.3, -0.25) is 5.43 Å². The van der Waals surface area contributed by atoms with Gasteiger partial charge in [0, 0.05) is 5.56 Å². The van der Waals surface area contributed by atoms with Crippen LogP contribution in [0.1, 0.15) is 17.5 Å². The van der Waals surface area contributed by atoms with E-state index in [9.17, 15) is 0 Å². The first kappa shape index (κ1) is 12.5. The number of fused-ring (bicyclic) bond motifs is 1. The van der Waals surface area contributed by atoms with Gasteiger partial charge in [0.05, 0.1) is 21.4 Å². The van der Waals surface area contributed by atoms with E-state index < -0.39 is 0 Å². The summed E-state index contributed by atoms with van der Waals surface area (Å²) in [7, 11) is 0. The van der Waals surface area contributed by atoms with E-state index in [1.54, 1.807) is 12.1 Å². The van der Waals surface area contributed by atoms with Crippen molar-refractivity contribution in [1.82, 2.24) is 0 Å². The Hall–Kier alpha value is -1.51. The van der Waals surface area contributed by atoms with Crippen molar-refractivity contribution in [2.24, 2.45) is 5.10 Å². The second-order valence-corrected chi connectivity index (χ2v) is 5.27. The van der Waals surface area contributed by atoms with Gasteiger partial charge in [-0.25, -0.2) is 0 Å². The van der Waals surface area contributed by atoms with E-state index in [-0.39, 0.29) is 0 Å². The maximum absolute atomic E-state index is 5.97. The summed E-state index contributed by atoms with van der Waals surface area (Å²) in [6.07, 6.45) is 2.02. The third kappa shape index (κ3) is 2.60. The van der Waals surface area contributed by atoms with Gasteiger partial charge in [-0.1, -0.05) is 47.5 Å². The Labute approximate surface area is 122 Å². The van der Waals surface area contributed by atoms with Crippen molar-refractivity contribution >= 4 is 34.6 Å². The molecule has 2 aromatic rings. The number of nitrogens with zero attached hydrogens (tertiary/aromatic N) is 1. The Bertz CT molecular complexity index is 650. The van der Waals surface area contributed by atoms with E-state index in [1.165, 1.54) is 11.1 Å². The highest BCUT2D eigenvalue weighted by atomic mass is 35.5. The summed E-state index contributed by atoms with van der Waals surface area (Å²) < 4.78 is 0. The first-order chi connectivity index (χ1) is 9.24. The van der Waals surface area contributed by atoms with E-state index >= 15 is 0 Å². The average Bonchev–Trinajstić information content (AvgIpc) is 2.83. The van der Waals surface area contributed by atoms with Crippen LogP contribution in [0.4, 0.5) is 5.69 Å². The predicted octanol–water partition coefficient (Wildman–Crippen LogP) is 4.76. The van der Waals surface area contributed by atoms with E-state index in [2.05, 4.69) is 28.7 Å². The lowest BCUT2D eigenvalue weighted by atomic mass is 10.1. The van der Waals surface area contributed by atoms with Gasteiger partial charge in [-0.15, -0.1) is 0 Å². The minimum atomic E-state index is 0.527. The molecule has 1 aliphatic carbocycles. The molecular formula is C15H12Cl2N2. The van der Waals surface area contributed by atoms with Crippen LogP contribution >= 0.6 is 23.2 Å². The van der Waals surface area contributed by atoms with Crippen LogP contribution in [0.15, 0.2) is 47.6 Å². The molecule has 0 radical (unpaired) electrons. The molecule has 0 fully saturated rings. The Kier molecular flexibility index (Phi) is 3.45. The molecule has 0 aromatic heterocycles. The number of hydrogen-bond acceptors (Lipinski definition) is 2. The Balaban J connectivity index is 1.82. The van der Waals surface area contributed by atoms with Gasteiger partial charge in [0.1, 0.15) is 0 Å². The van der Waals surface area contributed by atoms with Crippen molar-refractivity contribution in [2.45, 2.75) is 12.8 Å². The number of hydrazone groups is 1. The Morgan fingerprint density at radius 3 is 2.63 bits per heavy atom. The summed E-state index contributed by atoms with van der Waals surface area (Å²) in [5.74, 6) is 0. The molecule has 0 spiro atoms. The first-order valence-electron chi connectivity index (χ1n) is 6.10. The molecule has 0 atom stereocenters. The van der Waals surface area contributed by atoms with Crippen molar-refractivity contribution in [2.75, 3.05) is 5.43 Å². The van der Waals surface area contributed by atoms with Gasteiger partial charge in [0.25, 0.3) is 0 Å². The maximum atomic E-state index is 5.97. The lowest BCUT2D eigenvalue weighted by Gasteiger charge is -2.04. The molecule has 0 amide bonds. The number of hydrogen-bond donors (Lipinski definition) is 1. The number of aryl methyl sites for hydroxylation is 1. The van der Waals surface area contributed by atoms with Crippen LogP contribution in [0.25, 0.3) is 0 Å². The van der Waals surface area contributed by atoms with Gasteiger partial charge in [0.15, 0.2) is 0 Å². The fourth-order valence-electron chi connectivity index (χ4n) is 2.22. The normalized spacial score (nSPS) is 15.6. The van der Waals surface area contributed by atoms with E-state index in [0.29, 0.717) is 10.0 Å². The second-order valence-electron chi connectivity index (χ2n) is 4.46. The quantitative estimate of drug-likeness (QED) is 0.793. The van der Waals surface area contributed by atoms with Gasteiger partial charge in [0.2, 0.25) is 0 Å². The van der Waals surface area contributed by atoms with E-state index in [1.807, 2.05) is 12.1 Å². The summed E-state index contributed by atoms with van der Waals surface area (Å²) in [5, 5.41) is 5.54.